The second-order valence-electron chi connectivity index (χ2n) is 4.35. The number of carbonyl (C=O) groups excluding carboxylic acids is 1. The molecule has 22 heavy (non-hydrogen) atoms. The summed E-state index contributed by atoms with van der Waals surface area (Å²) in [6.45, 7) is 0.126. The molecule has 0 unspecified atom stereocenters. The van der Waals surface area contributed by atoms with E-state index in [9.17, 15) is 14.9 Å². The predicted octanol–water partition coefficient (Wildman–Crippen LogP) is 4.11. The molecule has 0 amide bonds. The molecule has 0 heterocycles. The molecule has 2 aromatic rings. The number of rotatable bonds is 5. The average molecular weight is 362 g/mol. The van der Waals surface area contributed by atoms with Crippen LogP contribution in [0.2, 0.25) is 0 Å². The largest absolute Gasteiger partial charge is 0.458 e. The summed E-state index contributed by atoms with van der Waals surface area (Å²) in [7, 11) is 0. The van der Waals surface area contributed by atoms with Crippen LogP contribution in [-0.4, -0.2) is 10.9 Å². The van der Waals surface area contributed by atoms with Crippen LogP contribution in [-0.2, 0) is 16.1 Å². The van der Waals surface area contributed by atoms with Crippen molar-refractivity contribution in [2.24, 2.45) is 0 Å². The molecule has 0 aliphatic carbocycles. The highest BCUT2D eigenvalue weighted by atomic mass is 79.9. The van der Waals surface area contributed by atoms with E-state index in [4.69, 9.17) is 4.74 Å². The second-order valence-corrected chi connectivity index (χ2v) is 5.20. The van der Waals surface area contributed by atoms with Crippen LogP contribution < -0.4 is 0 Å². The third kappa shape index (κ3) is 4.26. The van der Waals surface area contributed by atoms with Gasteiger partial charge in [-0.2, -0.15) is 0 Å². The number of nitro groups is 1. The third-order valence-electron chi connectivity index (χ3n) is 2.86. The van der Waals surface area contributed by atoms with Crippen LogP contribution in [0.5, 0.6) is 0 Å². The van der Waals surface area contributed by atoms with E-state index in [0.29, 0.717) is 5.56 Å². The summed E-state index contributed by atoms with van der Waals surface area (Å²) < 4.78 is 5.96. The number of nitrogens with zero attached hydrogens (tertiary/aromatic N) is 1. The fourth-order valence-corrected chi connectivity index (χ4v) is 2.16. The zero-order chi connectivity index (χ0) is 15.9. The summed E-state index contributed by atoms with van der Waals surface area (Å²) >= 11 is 3.36. The van der Waals surface area contributed by atoms with Gasteiger partial charge < -0.3 is 4.74 Å². The minimum atomic E-state index is -0.561. The van der Waals surface area contributed by atoms with E-state index in [2.05, 4.69) is 15.9 Å². The smallest absolute Gasteiger partial charge is 0.331 e. The second kappa shape index (κ2) is 7.51. The van der Waals surface area contributed by atoms with Crippen LogP contribution in [0.15, 0.2) is 59.1 Å². The zero-order valence-corrected chi connectivity index (χ0v) is 13.0. The van der Waals surface area contributed by atoms with E-state index in [1.54, 1.807) is 18.2 Å². The van der Waals surface area contributed by atoms with E-state index >= 15 is 0 Å². The van der Waals surface area contributed by atoms with E-state index in [1.807, 2.05) is 24.3 Å². The fraction of sp³-hybridized carbons (Fsp3) is 0.0625. The Morgan fingerprint density at radius 2 is 1.86 bits per heavy atom. The average Bonchev–Trinajstić information content (AvgIpc) is 2.52. The van der Waals surface area contributed by atoms with E-state index in [-0.39, 0.29) is 12.3 Å². The van der Waals surface area contributed by atoms with Gasteiger partial charge in [0.05, 0.1) is 10.5 Å². The van der Waals surface area contributed by atoms with Crippen molar-refractivity contribution in [2.75, 3.05) is 0 Å². The monoisotopic (exact) mass is 361 g/mol. The number of esters is 1. The maximum absolute atomic E-state index is 11.7. The third-order valence-corrected chi connectivity index (χ3v) is 3.63. The molecule has 0 N–H and O–H groups in total. The quantitative estimate of drug-likeness (QED) is 0.347. The van der Waals surface area contributed by atoms with Gasteiger partial charge in [-0.25, -0.2) is 4.79 Å². The van der Waals surface area contributed by atoms with Crippen molar-refractivity contribution in [2.45, 2.75) is 6.61 Å². The first-order valence-corrected chi connectivity index (χ1v) is 7.19. The Balaban J connectivity index is 2.01. The van der Waals surface area contributed by atoms with E-state index in [0.717, 1.165) is 10.0 Å². The van der Waals surface area contributed by atoms with Gasteiger partial charge in [-0.15, -0.1) is 0 Å². The van der Waals surface area contributed by atoms with Crippen LogP contribution >= 0.6 is 15.9 Å². The van der Waals surface area contributed by atoms with Crippen LogP contribution in [0.3, 0.4) is 0 Å². The van der Waals surface area contributed by atoms with Crippen molar-refractivity contribution >= 4 is 33.7 Å². The number of nitro benzene ring substituents is 1. The van der Waals surface area contributed by atoms with Crippen molar-refractivity contribution in [1.29, 1.82) is 0 Å². The maximum Gasteiger partial charge on any atom is 0.331 e. The number of hydrogen-bond donors (Lipinski definition) is 0. The Kier molecular flexibility index (Phi) is 5.43. The summed E-state index contributed by atoms with van der Waals surface area (Å²) in [4.78, 5) is 22.1. The normalized spacial score (nSPS) is 10.6. The van der Waals surface area contributed by atoms with Gasteiger partial charge in [0.15, 0.2) is 0 Å². The van der Waals surface area contributed by atoms with Crippen molar-refractivity contribution in [3.8, 4) is 0 Å². The lowest BCUT2D eigenvalue weighted by atomic mass is 10.1. The van der Waals surface area contributed by atoms with Crippen LogP contribution in [0.1, 0.15) is 11.1 Å². The summed E-state index contributed by atoms with van der Waals surface area (Å²) in [6.07, 6.45) is 2.56. The highest BCUT2D eigenvalue weighted by Gasteiger charge is 2.10. The molecule has 0 aliphatic heterocycles. The number of ether oxygens (including phenoxy) is 1. The van der Waals surface area contributed by atoms with Gasteiger partial charge in [0.1, 0.15) is 6.61 Å². The van der Waals surface area contributed by atoms with Gasteiger partial charge in [-0.05, 0) is 18.2 Å². The standard InChI is InChI=1S/C16H12BrNO4/c17-14-7-3-1-6-13(14)11-22-16(19)10-9-12-5-2-4-8-15(12)18(20)21/h1-10H,11H2/b10-9+. The number of benzene rings is 2. The molecule has 6 heteroatoms. The van der Waals surface area contributed by atoms with Gasteiger partial charge in [-0.3, -0.25) is 10.1 Å². The molecule has 0 fully saturated rings. The van der Waals surface area contributed by atoms with Gasteiger partial charge in [0, 0.05) is 22.2 Å². The molecule has 0 atom stereocenters. The Morgan fingerprint density at radius 3 is 2.59 bits per heavy atom. The number of halogens is 1. The van der Waals surface area contributed by atoms with Gasteiger partial charge >= 0.3 is 5.97 Å². The fourth-order valence-electron chi connectivity index (χ4n) is 1.76. The van der Waals surface area contributed by atoms with Crippen LogP contribution in [0.4, 0.5) is 5.69 Å². The van der Waals surface area contributed by atoms with E-state index < -0.39 is 10.9 Å². The Bertz CT molecular complexity index is 728. The highest BCUT2D eigenvalue weighted by Crippen LogP contribution is 2.19. The molecule has 5 nitrogen and oxygen atoms in total. The van der Waals surface area contributed by atoms with Crippen LogP contribution in [0.25, 0.3) is 6.08 Å². The van der Waals surface area contributed by atoms with Gasteiger partial charge in [0.2, 0.25) is 0 Å². The SMILES string of the molecule is O=C(/C=C/c1ccccc1[N+](=O)[O-])OCc1ccccc1Br. The highest BCUT2D eigenvalue weighted by molar-refractivity contribution is 9.10. The molecule has 0 bridgehead atoms. The first-order chi connectivity index (χ1) is 10.6. The topological polar surface area (TPSA) is 69.4 Å². The molecule has 2 rings (SSSR count). The molecule has 0 spiro atoms. The molecule has 0 radical (unpaired) electrons. The maximum atomic E-state index is 11.7. The predicted molar refractivity (Wildman–Crippen MR) is 86.1 cm³/mol. The molecule has 2 aromatic carbocycles. The Labute approximate surface area is 135 Å². The summed E-state index contributed by atoms with van der Waals surface area (Å²) in [5.74, 6) is -0.561. The summed E-state index contributed by atoms with van der Waals surface area (Å²) in [6, 6.07) is 13.6. The molecule has 0 aliphatic rings. The number of hydrogen-bond acceptors (Lipinski definition) is 4. The molecular weight excluding hydrogens is 350 g/mol. The first kappa shape index (κ1) is 15.9. The lowest BCUT2D eigenvalue weighted by molar-refractivity contribution is -0.385. The summed E-state index contributed by atoms with van der Waals surface area (Å²) in [5, 5.41) is 10.9. The molecular formula is C16H12BrNO4. The van der Waals surface area contributed by atoms with E-state index in [1.165, 1.54) is 18.2 Å². The zero-order valence-electron chi connectivity index (χ0n) is 11.4. The lowest BCUT2D eigenvalue weighted by Crippen LogP contribution is -2.01. The molecule has 0 saturated carbocycles. The van der Waals surface area contributed by atoms with Crippen molar-refractivity contribution in [3.05, 3.63) is 80.3 Å². The Hall–Kier alpha value is -2.47. The Morgan fingerprint density at radius 1 is 1.18 bits per heavy atom. The molecule has 0 aromatic heterocycles. The van der Waals surface area contributed by atoms with Crippen LogP contribution in [0, 0.1) is 10.1 Å². The van der Waals surface area contributed by atoms with Crippen molar-refractivity contribution in [3.63, 3.8) is 0 Å². The van der Waals surface area contributed by atoms with Crippen molar-refractivity contribution < 1.29 is 14.5 Å². The number of carbonyl (C=O) groups is 1. The lowest BCUT2D eigenvalue weighted by Gasteiger charge is -2.04. The minimum absolute atomic E-state index is 0.0580. The minimum Gasteiger partial charge on any atom is -0.458 e. The molecule has 112 valence electrons. The van der Waals surface area contributed by atoms with Gasteiger partial charge in [0.25, 0.3) is 5.69 Å². The first-order valence-electron chi connectivity index (χ1n) is 6.39. The summed E-state index contributed by atoms with van der Waals surface area (Å²) in [5.41, 5.74) is 1.14. The molecule has 0 saturated heterocycles. The number of para-hydroxylation sites is 1. The van der Waals surface area contributed by atoms with Gasteiger partial charge in [-0.1, -0.05) is 46.3 Å². The van der Waals surface area contributed by atoms with Crippen molar-refractivity contribution in [1.82, 2.24) is 0 Å².